The van der Waals surface area contributed by atoms with Crippen LogP contribution >= 0.6 is 0 Å². The van der Waals surface area contributed by atoms with E-state index in [0.29, 0.717) is 12.1 Å². The molecule has 2 unspecified atom stereocenters. The average molecular weight is 219 g/mol. The summed E-state index contributed by atoms with van der Waals surface area (Å²) in [7, 11) is 0. The fourth-order valence-electron chi connectivity index (χ4n) is 3.44. The zero-order chi connectivity index (χ0) is 11.1. The van der Waals surface area contributed by atoms with Gasteiger partial charge in [-0.2, -0.15) is 5.10 Å². The summed E-state index contributed by atoms with van der Waals surface area (Å²) in [5.41, 5.74) is 0. The summed E-state index contributed by atoms with van der Waals surface area (Å²) in [6.45, 7) is 7.23. The number of rotatable bonds is 2. The molecule has 1 saturated carbocycles. The minimum Gasteiger partial charge on any atom is -0.300 e. The van der Waals surface area contributed by atoms with Crippen LogP contribution in [0.4, 0.5) is 0 Å². The molecule has 0 spiro atoms. The Morgan fingerprint density at radius 1 is 1.19 bits per heavy atom. The molecule has 3 nitrogen and oxygen atoms in total. The van der Waals surface area contributed by atoms with Crippen LogP contribution in [0.3, 0.4) is 0 Å². The van der Waals surface area contributed by atoms with Crippen molar-refractivity contribution >= 4 is 0 Å². The highest BCUT2D eigenvalue weighted by atomic mass is 15.3. The average Bonchev–Trinajstić information content (AvgIpc) is 2.91. The van der Waals surface area contributed by atoms with E-state index in [0.717, 1.165) is 11.8 Å². The lowest BCUT2D eigenvalue weighted by atomic mass is 10.0. The first-order valence-electron chi connectivity index (χ1n) is 6.47. The predicted molar refractivity (Wildman–Crippen MR) is 64.2 cm³/mol. The van der Waals surface area contributed by atoms with Gasteiger partial charge in [0.1, 0.15) is 0 Å². The molecule has 2 heterocycles. The van der Waals surface area contributed by atoms with E-state index in [-0.39, 0.29) is 0 Å². The molecule has 0 aromatic carbocycles. The van der Waals surface area contributed by atoms with Crippen molar-refractivity contribution in [1.29, 1.82) is 0 Å². The van der Waals surface area contributed by atoms with Gasteiger partial charge in [-0.05, 0) is 44.6 Å². The van der Waals surface area contributed by atoms with E-state index in [1.54, 1.807) is 0 Å². The summed E-state index contributed by atoms with van der Waals surface area (Å²) in [5.74, 6) is 1.83. The summed E-state index contributed by atoms with van der Waals surface area (Å²) in [4.78, 5) is 2.63. The van der Waals surface area contributed by atoms with Gasteiger partial charge in [0.05, 0.1) is 6.04 Å². The van der Waals surface area contributed by atoms with Gasteiger partial charge in [-0.25, -0.2) is 0 Å². The molecule has 0 bridgehead atoms. The molecule has 0 radical (unpaired) electrons. The van der Waals surface area contributed by atoms with E-state index in [9.17, 15) is 0 Å². The van der Waals surface area contributed by atoms with Crippen LogP contribution in [0.25, 0.3) is 0 Å². The van der Waals surface area contributed by atoms with Crippen LogP contribution in [0.1, 0.15) is 32.7 Å². The van der Waals surface area contributed by atoms with Crippen molar-refractivity contribution < 1.29 is 0 Å². The summed E-state index contributed by atoms with van der Waals surface area (Å²) < 4.78 is 2.16. The largest absolute Gasteiger partial charge is 0.300 e. The van der Waals surface area contributed by atoms with Gasteiger partial charge in [0, 0.05) is 31.5 Å². The maximum absolute atomic E-state index is 4.38. The number of fused-ring (bicyclic) bond motifs is 1. The fraction of sp³-hybridized carbons (Fsp3) is 0.769. The first kappa shape index (κ1) is 10.3. The zero-order valence-electron chi connectivity index (χ0n) is 10.2. The van der Waals surface area contributed by atoms with Gasteiger partial charge in [-0.1, -0.05) is 0 Å². The molecule has 2 aliphatic rings. The van der Waals surface area contributed by atoms with Crippen molar-refractivity contribution in [2.24, 2.45) is 11.8 Å². The molecule has 16 heavy (non-hydrogen) atoms. The molecule has 88 valence electrons. The Morgan fingerprint density at radius 3 is 2.38 bits per heavy atom. The highest BCUT2D eigenvalue weighted by Gasteiger charge is 2.41. The normalized spacial score (nSPS) is 34.8. The molecular formula is C13H21N3. The van der Waals surface area contributed by atoms with Gasteiger partial charge < -0.3 is 4.90 Å². The van der Waals surface area contributed by atoms with Crippen LogP contribution in [0.5, 0.6) is 0 Å². The van der Waals surface area contributed by atoms with E-state index in [2.05, 4.69) is 34.7 Å². The Bertz CT molecular complexity index is 330. The minimum absolute atomic E-state index is 0.666. The Balaban J connectivity index is 1.65. The molecule has 3 heteroatoms. The van der Waals surface area contributed by atoms with Gasteiger partial charge in [-0.15, -0.1) is 0 Å². The lowest BCUT2D eigenvalue weighted by Crippen LogP contribution is -2.29. The predicted octanol–water partition coefficient (Wildman–Crippen LogP) is 2.17. The number of aromatic nitrogens is 2. The van der Waals surface area contributed by atoms with Gasteiger partial charge in [0.2, 0.25) is 0 Å². The molecule has 2 atom stereocenters. The summed E-state index contributed by atoms with van der Waals surface area (Å²) >= 11 is 0. The lowest BCUT2D eigenvalue weighted by molar-refractivity contribution is 0.244. The third kappa shape index (κ3) is 1.67. The van der Waals surface area contributed by atoms with Gasteiger partial charge in [-0.3, -0.25) is 4.68 Å². The quantitative estimate of drug-likeness (QED) is 0.760. The van der Waals surface area contributed by atoms with Crippen molar-refractivity contribution in [3.63, 3.8) is 0 Å². The summed E-state index contributed by atoms with van der Waals surface area (Å²) in [6.07, 6.45) is 6.67. The SMILES string of the molecule is CC(C)N1CC2CC(n3cccn3)CC2C1. The van der Waals surface area contributed by atoms with Crippen LogP contribution in [-0.2, 0) is 0 Å². The van der Waals surface area contributed by atoms with Crippen LogP contribution < -0.4 is 0 Å². The maximum Gasteiger partial charge on any atom is 0.0525 e. The Morgan fingerprint density at radius 2 is 1.88 bits per heavy atom. The molecule has 1 aliphatic heterocycles. The topological polar surface area (TPSA) is 21.1 Å². The Labute approximate surface area is 97.4 Å². The van der Waals surface area contributed by atoms with Crippen LogP contribution in [0.15, 0.2) is 18.5 Å². The number of hydrogen-bond acceptors (Lipinski definition) is 2. The van der Waals surface area contributed by atoms with E-state index >= 15 is 0 Å². The third-order valence-corrected chi connectivity index (χ3v) is 4.38. The first-order valence-corrected chi connectivity index (χ1v) is 6.47. The van der Waals surface area contributed by atoms with Crippen molar-refractivity contribution in [1.82, 2.24) is 14.7 Å². The van der Waals surface area contributed by atoms with Gasteiger partial charge in [0.15, 0.2) is 0 Å². The molecule has 1 saturated heterocycles. The van der Waals surface area contributed by atoms with E-state index < -0.39 is 0 Å². The molecule has 1 aromatic rings. The van der Waals surface area contributed by atoms with Gasteiger partial charge in [0.25, 0.3) is 0 Å². The van der Waals surface area contributed by atoms with E-state index in [4.69, 9.17) is 0 Å². The Hall–Kier alpha value is -0.830. The fourth-order valence-corrected chi connectivity index (χ4v) is 3.44. The van der Waals surface area contributed by atoms with Crippen LogP contribution in [-0.4, -0.2) is 33.8 Å². The second-order valence-electron chi connectivity index (χ2n) is 5.68. The number of hydrogen-bond donors (Lipinski definition) is 0. The van der Waals surface area contributed by atoms with Crippen molar-refractivity contribution in [2.45, 2.75) is 38.8 Å². The minimum atomic E-state index is 0.666. The zero-order valence-corrected chi connectivity index (χ0v) is 10.2. The smallest absolute Gasteiger partial charge is 0.0525 e. The second-order valence-corrected chi connectivity index (χ2v) is 5.68. The monoisotopic (exact) mass is 219 g/mol. The molecule has 0 N–H and O–H groups in total. The maximum atomic E-state index is 4.38. The molecular weight excluding hydrogens is 198 g/mol. The lowest BCUT2D eigenvalue weighted by Gasteiger charge is -2.22. The van der Waals surface area contributed by atoms with E-state index in [1.807, 2.05) is 12.3 Å². The first-order chi connectivity index (χ1) is 7.74. The third-order valence-electron chi connectivity index (χ3n) is 4.38. The molecule has 0 amide bonds. The van der Waals surface area contributed by atoms with Crippen molar-refractivity contribution in [3.05, 3.63) is 18.5 Å². The summed E-state index contributed by atoms with van der Waals surface area (Å²) in [5, 5.41) is 4.38. The van der Waals surface area contributed by atoms with Gasteiger partial charge >= 0.3 is 0 Å². The molecule has 1 aromatic heterocycles. The van der Waals surface area contributed by atoms with Crippen molar-refractivity contribution in [2.75, 3.05) is 13.1 Å². The molecule has 2 fully saturated rings. The second kappa shape index (κ2) is 3.88. The van der Waals surface area contributed by atoms with Crippen LogP contribution in [0, 0.1) is 11.8 Å². The molecule has 3 rings (SSSR count). The number of likely N-dealkylation sites (tertiary alicyclic amines) is 1. The number of nitrogens with zero attached hydrogens (tertiary/aromatic N) is 3. The molecule has 1 aliphatic carbocycles. The van der Waals surface area contributed by atoms with Crippen LogP contribution in [0.2, 0.25) is 0 Å². The summed E-state index contributed by atoms with van der Waals surface area (Å²) in [6, 6.07) is 3.42. The van der Waals surface area contributed by atoms with E-state index in [1.165, 1.54) is 25.9 Å². The standard InChI is InChI=1S/C13H21N3/c1-10(2)15-8-11-6-13(7-12(11)9-15)16-5-3-4-14-16/h3-5,10-13H,6-9H2,1-2H3. The highest BCUT2D eigenvalue weighted by molar-refractivity contribution is 4.96. The highest BCUT2D eigenvalue weighted by Crippen LogP contribution is 2.43. The van der Waals surface area contributed by atoms with Crippen molar-refractivity contribution in [3.8, 4) is 0 Å². The Kier molecular flexibility index (Phi) is 2.51.